The van der Waals surface area contributed by atoms with Crippen molar-refractivity contribution in [2.24, 2.45) is 0 Å². The van der Waals surface area contributed by atoms with Crippen LogP contribution in [0.5, 0.6) is 5.75 Å². The number of benzene rings is 2. The molecule has 150 valence electrons. The Morgan fingerprint density at radius 3 is 2.50 bits per heavy atom. The summed E-state index contributed by atoms with van der Waals surface area (Å²) in [5.74, 6) is 0.317. The Hall–Kier alpha value is -2.82. The summed E-state index contributed by atoms with van der Waals surface area (Å²) in [4.78, 5) is 22.3. The van der Waals surface area contributed by atoms with Crippen molar-refractivity contribution >= 4 is 11.9 Å². The van der Waals surface area contributed by atoms with E-state index >= 15 is 0 Å². The Morgan fingerprint density at radius 1 is 1.07 bits per heavy atom. The van der Waals surface area contributed by atoms with Crippen molar-refractivity contribution in [3.63, 3.8) is 0 Å². The highest BCUT2D eigenvalue weighted by atomic mass is 16.5. The van der Waals surface area contributed by atoms with Crippen molar-refractivity contribution < 1.29 is 23.8 Å². The molecule has 2 aromatic rings. The molecule has 0 heterocycles. The van der Waals surface area contributed by atoms with Gasteiger partial charge in [0, 0.05) is 25.3 Å². The largest absolute Gasteiger partial charge is 0.493 e. The number of esters is 2. The average molecular weight is 384 g/mol. The van der Waals surface area contributed by atoms with Gasteiger partial charge >= 0.3 is 11.9 Å². The predicted molar refractivity (Wildman–Crippen MR) is 108 cm³/mol. The molecule has 1 unspecified atom stereocenters. The topological polar surface area (TPSA) is 61.8 Å². The van der Waals surface area contributed by atoms with E-state index in [1.54, 1.807) is 0 Å². The second kappa shape index (κ2) is 11.1. The van der Waals surface area contributed by atoms with Crippen LogP contribution in [0.25, 0.3) is 11.1 Å². The van der Waals surface area contributed by atoms with Crippen molar-refractivity contribution in [3.05, 3.63) is 54.1 Å². The highest BCUT2D eigenvalue weighted by molar-refractivity contribution is 5.71. The molecule has 5 heteroatoms. The van der Waals surface area contributed by atoms with Crippen LogP contribution in [0, 0.1) is 0 Å². The number of ether oxygens (including phenoxy) is 3. The van der Waals surface area contributed by atoms with Crippen LogP contribution >= 0.6 is 0 Å². The van der Waals surface area contributed by atoms with Gasteiger partial charge in [-0.2, -0.15) is 0 Å². The van der Waals surface area contributed by atoms with Gasteiger partial charge < -0.3 is 14.2 Å². The third-order valence-electron chi connectivity index (χ3n) is 4.35. The summed E-state index contributed by atoms with van der Waals surface area (Å²) in [7, 11) is 1.41. The molecule has 0 saturated heterocycles. The van der Waals surface area contributed by atoms with Crippen LogP contribution in [0.15, 0.2) is 48.5 Å². The molecule has 0 aromatic heterocycles. The van der Waals surface area contributed by atoms with Gasteiger partial charge in [0.15, 0.2) is 0 Å². The van der Waals surface area contributed by atoms with Gasteiger partial charge in [0.05, 0.1) is 13.7 Å². The Labute approximate surface area is 166 Å². The number of methoxy groups -OCH3 is 1. The van der Waals surface area contributed by atoms with Crippen LogP contribution in [0.3, 0.4) is 0 Å². The molecule has 0 N–H and O–H groups in total. The fourth-order valence-corrected chi connectivity index (χ4v) is 2.92. The molecule has 0 aliphatic carbocycles. The molecule has 5 nitrogen and oxygen atoms in total. The molecule has 2 aromatic carbocycles. The van der Waals surface area contributed by atoms with Crippen LogP contribution in [0.2, 0.25) is 0 Å². The summed E-state index contributed by atoms with van der Waals surface area (Å²) in [5.41, 5.74) is 3.22. The minimum atomic E-state index is -0.284. The lowest BCUT2D eigenvalue weighted by Gasteiger charge is -2.16. The lowest BCUT2D eigenvalue weighted by molar-refractivity contribution is -0.146. The summed E-state index contributed by atoms with van der Waals surface area (Å²) in [5, 5.41) is 0. The molecular formula is C23H28O5. The lowest BCUT2D eigenvalue weighted by Crippen LogP contribution is -2.15. The maximum Gasteiger partial charge on any atom is 0.305 e. The zero-order valence-electron chi connectivity index (χ0n) is 16.8. The molecular weight excluding hydrogens is 356 g/mol. The molecule has 2 rings (SSSR count). The first kappa shape index (κ1) is 21.5. The molecule has 1 atom stereocenters. The fraction of sp³-hybridized carbons (Fsp3) is 0.391. The summed E-state index contributed by atoms with van der Waals surface area (Å²) in [6, 6.07) is 16.1. The molecule has 0 saturated carbocycles. The van der Waals surface area contributed by atoms with E-state index in [0.29, 0.717) is 19.4 Å². The minimum absolute atomic E-state index is 0.185. The van der Waals surface area contributed by atoms with E-state index in [-0.39, 0.29) is 18.0 Å². The summed E-state index contributed by atoms with van der Waals surface area (Å²) in [6.07, 6.45) is 2.37. The molecule has 0 bridgehead atoms. The first-order valence-corrected chi connectivity index (χ1v) is 9.54. The zero-order valence-corrected chi connectivity index (χ0v) is 16.8. The van der Waals surface area contributed by atoms with E-state index in [1.165, 1.54) is 14.0 Å². The SMILES string of the molecule is COC(=O)CCCc1ccc(OCCC(C)OC(C)=O)c(-c2ccccc2)c1. The molecule has 0 spiro atoms. The highest BCUT2D eigenvalue weighted by Gasteiger charge is 2.11. The number of carbonyl (C=O) groups is 2. The Morgan fingerprint density at radius 2 is 1.82 bits per heavy atom. The van der Waals surface area contributed by atoms with Crippen LogP contribution in [0.1, 0.15) is 38.7 Å². The smallest absolute Gasteiger partial charge is 0.305 e. The van der Waals surface area contributed by atoms with Crippen LogP contribution < -0.4 is 4.74 Å². The number of hydrogen-bond acceptors (Lipinski definition) is 5. The monoisotopic (exact) mass is 384 g/mol. The van der Waals surface area contributed by atoms with Gasteiger partial charge in [-0.05, 0) is 43.0 Å². The fourth-order valence-electron chi connectivity index (χ4n) is 2.92. The van der Waals surface area contributed by atoms with Crippen molar-refractivity contribution in [1.29, 1.82) is 0 Å². The van der Waals surface area contributed by atoms with Gasteiger partial charge in [-0.25, -0.2) is 0 Å². The molecule has 0 radical (unpaired) electrons. The van der Waals surface area contributed by atoms with Gasteiger partial charge in [-0.1, -0.05) is 36.4 Å². The Kier molecular flexibility index (Phi) is 8.53. The standard InChI is InChI=1S/C23H28O5/c1-17(28-18(2)24)14-15-27-22-13-12-19(8-7-11-23(25)26-3)16-21(22)20-9-5-4-6-10-20/h4-6,9-10,12-13,16-17H,7-8,11,14-15H2,1-3H3. The predicted octanol–water partition coefficient (Wildman–Crippen LogP) is 4.57. The lowest BCUT2D eigenvalue weighted by atomic mass is 9.99. The summed E-state index contributed by atoms with van der Waals surface area (Å²) < 4.78 is 15.8. The summed E-state index contributed by atoms with van der Waals surface area (Å²) >= 11 is 0. The molecule has 0 amide bonds. The van der Waals surface area contributed by atoms with Gasteiger partial charge in [-0.15, -0.1) is 0 Å². The van der Waals surface area contributed by atoms with Gasteiger partial charge in [0.1, 0.15) is 11.9 Å². The Bertz CT molecular complexity index is 770. The Balaban J connectivity index is 2.08. The third-order valence-corrected chi connectivity index (χ3v) is 4.35. The van der Waals surface area contributed by atoms with Crippen molar-refractivity contribution in [3.8, 4) is 16.9 Å². The quantitative estimate of drug-likeness (QED) is 0.562. The number of hydrogen-bond donors (Lipinski definition) is 0. The average Bonchev–Trinajstić information content (AvgIpc) is 2.68. The van der Waals surface area contributed by atoms with Crippen molar-refractivity contribution in [2.75, 3.05) is 13.7 Å². The van der Waals surface area contributed by atoms with Crippen molar-refractivity contribution in [1.82, 2.24) is 0 Å². The third kappa shape index (κ3) is 7.06. The first-order chi connectivity index (χ1) is 13.5. The second-order valence-electron chi connectivity index (χ2n) is 6.68. The van der Waals surface area contributed by atoms with Gasteiger partial charge in [0.25, 0.3) is 0 Å². The van der Waals surface area contributed by atoms with Gasteiger partial charge in [-0.3, -0.25) is 9.59 Å². The first-order valence-electron chi connectivity index (χ1n) is 9.54. The number of rotatable bonds is 10. The molecule has 28 heavy (non-hydrogen) atoms. The van der Waals surface area contributed by atoms with E-state index in [1.807, 2.05) is 49.4 Å². The summed E-state index contributed by atoms with van der Waals surface area (Å²) in [6.45, 7) is 3.72. The molecule has 0 fully saturated rings. The van der Waals surface area contributed by atoms with E-state index in [2.05, 4.69) is 6.07 Å². The maximum atomic E-state index is 11.3. The van der Waals surface area contributed by atoms with Gasteiger partial charge in [0.2, 0.25) is 0 Å². The van der Waals surface area contributed by atoms with E-state index in [0.717, 1.165) is 35.3 Å². The number of aryl methyl sites for hydroxylation is 1. The van der Waals surface area contributed by atoms with Crippen LogP contribution in [-0.2, 0) is 25.5 Å². The molecule has 0 aliphatic heterocycles. The van der Waals surface area contributed by atoms with E-state index in [9.17, 15) is 9.59 Å². The second-order valence-corrected chi connectivity index (χ2v) is 6.68. The minimum Gasteiger partial charge on any atom is -0.493 e. The maximum absolute atomic E-state index is 11.3. The van der Waals surface area contributed by atoms with E-state index in [4.69, 9.17) is 14.2 Å². The normalized spacial score (nSPS) is 11.5. The number of carbonyl (C=O) groups excluding carboxylic acids is 2. The molecule has 0 aliphatic rings. The highest BCUT2D eigenvalue weighted by Crippen LogP contribution is 2.31. The zero-order chi connectivity index (χ0) is 20.4. The van der Waals surface area contributed by atoms with Crippen LogP contribution in [0.4, 0.5) is 0 Å². The van der Waals surface area contributed by atoms with Crippen molar-refractivity contribution in [2.45, 2.75) is 45.6 Å². The van der Waals surface area contributed by atoms with E-state index < -0.39 is 0 Å². The van der Waals surface area contributed by atoms with Crippen LogP contribution in [-0.4, -0.2) is 31.8 Å².